The van der Waals surface area contributed by atoms with Gasteiger partial charge in [-0.3, -0.25) is 4.90 Å². The quantitative estimate of drug-likeness (QED) is 0.676. The third-order valence-corrected chi connectivity index (χ3v) is 4.69. The topological polar surface area (TPSA) is 63.1 Å². The van der Waals surface area contributed by atoms with Crippen LogP contribution in [0.15, 0.2) is 65.8 Å². The van der Waals surface area contributed by atoms with Crippen molar-refractivity contribution >= 4 is 29.2 Å². The molecule has 0 saturated carbocycles. The number of carbonyl (C=O) groups excluding carboxylic acids is 1. The number of hydrogen-bond acceptors (Lipinski definition) is 4. The number of amides is 2. The van der Waals surface area contributed by atoms with Crippen molar-refractivity contribution in [2.24, 2.45) is 7.05 Å². The molecule has 26 heavy (non-hydrogen) atoms. The molecular formula is C19H21N5OS. The minimum atomic E-state index is -0.172. The molecule has 0 saturated heterocycles. The molecule has 2 aromatic carbocycles. The highest BCUT2D eigenvalue weighted by molar-refractivity contribution is 7.98. The van der Waals surface area contributed by atoms with Gasteiger partial charge in [-0.25, -0.2) is 4.79 Å². The zero-order valence-electron chi connectivity index (χ0n) is 14.8. The van der Waals surface area contributed by atoms with Crippen molar-refractivity contribution < 1.29 is 4.79 Å². The Bertz CT molecular complexity index is 811. The molecule has 1 N–H and O–H groups in total. The molecule has 0 spiro atoms. The third kappa shape index (κ3) is 4.05. The number of urea groups is 1. The maximum absolute atomic E-state index is 12.8. The summed E-state index contributed by atoms with van der Waals surface area (Å²) in [5.74, 6) is 0.848. The minimum absolute atomic E-state index is 0.172. The van der Waals surface area contributed by atoms with Crippen molar-refractivity contribution in [3.05, 3.63) is 66.5 Å². The fourth-order valence-electron chi connectivity index (χ4n) is 2.64. The van der Waals surface area contributed by atoms with Crippen molar-refractivity contribution in [2.75, 3.05) is 17.7 Å². The summed E-state index contributed by atoms with van der Waals surface area (Å²) in [4.78, 5) is 14.5. The van der Waals surface area contributed by atoms with Crippen LogP contribution in [-0.4, -0.2) is 33.6 Å². The van der Waals surface area contributed by atoms with Crippen LogP contribution >= 0.6 is 11.8 Å². The summed E-state index contributed by atoms with van der Waals surface area (Å²) >= 11 is 1.55. The zero-order chi connectivity index (χ0) is 18.4. The smallest absolute Gasteiger partial charge is 0.326 e. The van der Waals surface area contributed by atoms with Gasteiger partial charge in [0.15, 0.2) is 5.16 Å². The van der Waals surface area contributed by atoms with E-state index >= 15 is 0 Å². The highest BCUT2D eigenvalue weighted by Crippen LogP contribution is 2.24. The molecule has 7 heteroatoms. The number of rotatable bonds is 6. The van der Waals surface area contributed by atoms with Crippen LogP contribution in [-0.2, 0) is 13.5 Å². The van der Waals surface area contributed by atoms with E-state index in [9.17, 15) is 4.79 Å². The van der Waals surface area contributed by atoms with E-state index in [0.29, 0.717) is 13.0 Å². The van der Waals surface area contributed by atoms with Crippen LogP contribution in [0, 0.1) is 0 Å². The van der Waals surface area contributed by atoms with Gasteiger partial charge in [0.05, 0.1) is 11.4 Å². The van der Waals surface area contributed by atoms with Crippen molar-refractivity contribution in [2.45, 2.75) is 11.6 Å². The van der Waals surface area contributed by atoms with Crippen molar-refractivity contribution in [1.82, 2.24) is 20.1 Å². The van der Waals surface area contributed by atoms with Crippen LogP contribution in [0.2, 0.25) is 0 Å². The first kappa shape index (κ1) is 18.0. The van der Waals surface area contributed by atoms with Crippen LogP contribution in [0.25, 0.3) is 0 Å². The predicted octanol–water partition coefficient (Wildman–Crippen LogP) is 3.63. The molecule has 3 aromatic rings. The number of nitrogens with one attached hydrogen (secondary N) is 1. The summed E-state index contributed by atoms with van der Waals surface area (Å²) in [6.45, 7) is 0.482. The highest BCUT2D eigenvalue weighted by Gasteiger charge is 2.17. The van der Waals surface area contributed by atoms with Gasteiger partial charge in [-0.1, -0.05) is 48.2 Å². The second kappa shape index (κ2) is 8.53. The highest BCUT2D eigenvalue weighted by atomic mass is 32.2. The zero-order valence-corrected chi connectivity index (χ0v) is 15.6. The van der Waals surface area contributed by atoms with Crippen molar-refractivity contribution in [3.8, 4) is 0 Å². The molecule has 0 aliphatic carbocycles. The SMILES string of the molecule is CSc1nnc(CCNC(=O)N(c2ccccc2)c2ccccc2)n1C. The third-order valence-electron chi connectivity index (χ3n) is 3.96. The minimum Gasteiger partial charge on any atom is -0.337 e. The summed E-state index contributed by atoms with van der Waals surface area (Å²) in [7, 11) is 1.93. The summed E-state index contributed by atoms with van der Waals surface area (Å²) in [5, 5.41) is 12.1. The first-order chi connectivity index (χ1) is 12.7. The fourth-order valence-corrected chi connectivity index (χ4v) is 3.14. The molecule has 1 aromatic heterocycles. The lowest BCUT2D eigenvalue weighted by atomic mass is 10.2. The summed E-state index contributed by atoms with van der Waals surface area (Å²) < 4.78 is 1.95. The molecule has 0 aliphatic rings. The Kier molecular flexibility index (Phi) is 5.91. The number of hydrogen-bond donors (Lipinski definition) is 1. The molecule has 0 fully saturated rings. The van der Waals surface area contributed by atoms with E-state index in [2.05, 4.69) is 15.5 Å². The normalized spacial score (nSPS) is 10.5. The molecule has 0 unspecified atom stereocenters. The number of aromatic nitrogens is 3. The van der Waals surface area contributed by atoms with E-state index in [1.807, 2.05) is 78.5 Å². The fraction of sp³-hybridized carbons (Fsp3) is 0.211. The second-order valence-electron chi connectivity index (χ2n) is 5.65. The lowest BCUT2D eigenvalue weighted by molar-refractivity contribution is 0.248. The maximum atomic E-state index is 12.8. The average Bonchev–Trinajstić information content (AvgIpc) is 3.03. The Hall–Kier alpha value is -2.80. The maximum Gasteiger partial charge on any atom is 0.326 e. The number of thioether (sulfide) groups is 1. The predicted molar refractivity (Wildman–Crippen MR) is 105 cm³/mol. The van der Waals surface area contributed by atoms with Gasteiger partial charge in [-0.05, 0) is 30.5 Å². The van der Waals surface area contributed by atoms with Gasteiger partial charge < -0.3 is 9.88 Å². The molecule has 2 amide bonds. The van der Waals surface area contributed by atoms with E-state index in [1.54, 1.807) is 16.7 Å². The molecule has 0 bridgehead atoms. The largest absolute Gasteiger partial charge is 0.337 e. The van der Waals surface area contributed by atoms with Crippen LogP contribution in [0.5, 0.6) is 0 Å². The van der Waals surface area contributed by atoms with Gasteiger partial charge in [0, 0.05) is 20.0 Å². The summed E-state index contributed by atoms with van der Waals surface area (Å²) in [5.41, 5.74) is 1.64. The second-order valence-corrected chi connectivity index (χ2v) is 6.42. The van der Waals surface area contributed by atoms with Gasteiger partial charge in [0.1, 0.15) is 5.82 Å². The Morgan fingerprint density at radius 1 is 1.04 bits per heavy atom. The Balaban J connectivity index is 1.71. The molecular weight excluding hydrogens is 346 g/mol. The molecule has 0 radical (unpaired) electrons. The van der Waals surface area contributed by atoms with Crippen molar-refractivity contribution in [1.29, 1.82) is 0 Å². The molecule has 0 atom stereocenters. The number of anilines is 2. The van der Waals surface area contributed by atoms with Crippen LogP contribution in [0.1, 0.15) is 5.82 Å². The van der Waals surface area contributed by atoms with E-state index in [-0.39, 0.29) is 6.03 Å². The van der Waals surface area contributed by atoms with E-state index < -0.39 is 0 Å². The molecule has 1 heterocycles. The lowest BCUT2D eigenvalue weighted by Gasteiger charge is -2.23. The van der Waals surface area contributed by atoms with Gasteiger partial charge >= 0.3 is 6.03 Å². The molecule has 0 aliphatic heterocycles. The van der Waals surface area contributed by atoms with E-state index in [4.69, 9.17) is 0 Å². The van der Waals surface area contributed by atoms with Gasteiger partial charge in [0.25, 0.3) is 0 Å². The van der Waals surface area contributed by atoms with Crippen LogP contribution < -0.4 is 10.2 Å². The Labute approximate surface area is 157 Å². The number of nitrogens with zero attached hydrogens (tertiary/aromatic N) is 4. The van der Waals surface area contributed by atoms with Crippen LogP contribution in [0.4, 0.5) is 16.2 Å². The van der Waals surface area contributed by atoms with Gasteiger partial charge in [-0.15, -0.1) is 10.2 Å². The Morgan fingerprint density at radius 3 is 2.12 bits per heavy atom. The van der Waals surface area contributed by atoms with E-state index in [0.717, 1.165) is 22.4 Å². The van der Waals surface area contributed by atoms with E-state index in [1.165, 1.54) is 0 Å². The van der Waals surface area contributed by atoms with Gasteiger partial charge in [0.2, 0.25) is 0 Å². The first-order valence-corrected chi connectivity index (χ1v) is 9.53. The Morgan fingerprint density at radius 2 is 1.62 bits per heavy atom. The van der Waals surface area contributed by atoms with Gasteiger partial charge in [-0.2, -0.15) is 0 Å². The first-order valence-electron chi connectivity index (χ1n) is 8.31. The lowest BCUT2D eigenvalue weighted by Crippen LogP contribution is -2.38. The summed E-state index contributed by atoms with van der Waals surface area (Å²) in [6, 6.07) is 19.0. The monoisotopic (exact) mass is 367 g/mol. The molecule has 3 rings (SSSR count). The summed E-state index contributed by atoms with van der Waals surface area (Å²) in [6.07, 6.45) is 2.58. The molecule has 134 valence electrons. The van der Waals surface area contributed by atoms with Crippen LogP contribution in [0.3, 0.4) is 0 Å². The standard InChI is InChI=1S/C19H21N5OS/c1-23-17(21-22-19(23)26-2)13-14-20-18(25)24(15-9-5-3-6-10-15)16-11-7-4-8-12-16/h3-12H,13-14H2,1-2H3,(H,20,25). The number of para-hydroxylation sites is 2. The molecule has 6 nitrogen and oxygen atoms in total. The number of benzene rings is 2. The average molecular weight is 367 g/mol. The van der Waals surface area contributed by atoms with Crippen molar-refractivity contribution in [3.63, 3.8) is 0 Å². The number of carbonyl (C=O) groups is 1.